The van der Waals surface area contributed by atoms with E-state index in [1.54, 1.807) is 11.3 Å². The first-order valence-corrected chi connectivity index (χ1v) is 11.2. The fraction of sp³-hybridized carbons (Fsp3) is 0.240. The number of rotatable bonds is 5. The van der Waals surface area contributed by atoms with E-state index in [4.69, 9.17) is 4.98 Å². The number of amides is 1. The molecule has 5 heteroatoms. The van der Waals surface area contributed by atoms with Gasteiger partial charge in [-0.05, 0) is 41.8 Å². The Morgan fingerprint density at radius 3 is 2.63 bits per heavy atom. The standard InChI is InChI=1S/C25H22N2O2S/c28-22(19-12-11-17-6-1-2-7-18(17)16-19)13-14-24(29)27-15-5-9-21(27)25-26-20-8-3-4-10-23(20)30-25/h1-4,6-8,10-12,16,21H,5,9,13-15H2. The summed E-state index contributed by atoms with van der Waals surface area (Å²) in [5.74, 6) is 0.0655. The molecular weight excluding hydrogens is 392 g/mol. The predicted molar refractivity (Wildman–Crippen MR) is 121 cm³/mol. The third-order valence-electron chi connectivity index (χ3n) is 5.81. The van der Waals surface area contributed by atoms with Gasteiger partial charge in [-0.15, -0.1) is 11.3 Å². The molecule has 0 spiro atoms. The lowest BCUT2D eigenvalue weighted by Crippen LogP contribution is -2.30. The second-order valence-corrected chi connectivity index (χ2v) is 8.81. The molecule has 3 aromatic carbocycles. The zero-order valence-electron chi connectivity index (χ0n) is 16.6. The summed E-state index contributed by atoms with van der Waals surface area (Å²) in [7, 11) is 0. The number of nitrogens with zero attached hydrogens (tertiary/aromatic N) is 2. The van der Waals surface area contributed by atoms with Crippen LogP contribution in [0.1, 0.15) is 47.1 Å². The molecule has 5 rings (SSSR count). The van der Waals surface area contributed by atoms with Crippen LogP contribution >= 0.6 is 11.3 Å². The van der Waals surface area contributed by atoms with Crippen LogP contribution in [0.4, 0.5) is 0 Å². The molecule has 1 unspecified atom stereocenters. The Morgan fingerprint density at radius 1 is 0.967 bits per heavy atom. The fourth-order valence-electron chi connectivity index (χ4n) is 4.23. The van der Waals surface area contributed by atoms with Gasteiger partial charge >= 0.3 is 0 Å². The van der Waals surface area contributed by atoms with Crippen LogP contribution in [-0.4, -0.2) is 28.1 Å². The summed E-state index contributed by atoms with van der Waals surface area (Å²) in [5.41, 5.74) is 1.66. The highest BCUT2D eigenvalue weighted by Gasteiger charge is 2.32. The van der Waals surface area contributed by atoms with E-state index in [0.29, 0.717) is 5.56 Å². The van der Waals surface area contributed by atoms with Crippen molar-refractivity contribution in [2.45, 2.75) is 31.7 Å². The Balaban J connectivity index is 1.27. The van der Waals surface area contributed by atoms with Crippen molar-refractivity contribution in [1.82, 2.24) is 9.88 Å². The number of aromatic nitrogens is 1. The molecule has 0 N–H and O–H groups in total. The highest BCUT2D eigenvalue weighted by molar-refractivity contribution is 7.18. The summed E-state index contributed by atoms with van der Waals surface area (Å²) < 4.78 is 1.15. The lowest BCUT2D eigenvalue weighted by molar-refractivity contribution is -0.132. The van der Waals surface area contributed by atoms with Gasteiger partial charge < -0.3 is 4.90 Å². The van der Waals surface area contributed by atoms with Gasteiger partial charge in [-0.3, -0.25) is 9.59 Å². The average Bonchev–Trinajstić information content (AvgIpc) is 3.43. The maximum atomic E-state index is 12.9. The van der Waals surface area contributed by atoms with E-state index in [2.05, 4.69) is 6.07 Å². The van der Waals surface area contributed by atoms with E-state index < -0.39 is 0 Å². The van der Waals surface area contributed by atoms with E-state index >= 15 is 0 Å². The number of carbonyl (C=O) groups excluding carboxylic acids is 2. The molecule has 4 aromatic rings. The lowest BCUT2D eigenvalue weighted by Gasteiger charge is -2.23. The third kappa shape index (κ3) is 3.61. The highest BCUT2D eigenvalue weighted by atomic mass is 32.1. The Bertz CT molecular complexity index is 1210. The quantitative estimate of drug-likeness (QED) is 0.389. The Labute approximate surface area is 179 Å². The summed E-state index contributed by atoms with van der Waals surface area (Å²) in [6.07, 6.45) is 2.39. The van der Waals surface area contributed by atoms with Crippen LogP contribution in [0, 0.1) is 0 Å². The van der Waals surface area contributed by atoms with Gasteiger partial charge in [0.25, 0.3) is 0 Å². The summed E-state index contributed by atoms with van der Waals surface area (Å²) >= 11 is 1.67. The molecule has 1 saturated heterocycles. The number of carbonyl (C=O) groups is 2. The number of benzene rings is 3. The molecule has 0 radical (unpaired) electrons. The van der Waals surface area contributed by atoms with Crippen LogP contribution < -0.4 is 0 Å². The summed E-state index contributed by atoms with van der Waals surface area (Å²) in [6.45, 7) is 0.740. The van der Waals surface area contributed by atoms with E-state index in [9.17, 15) is 9.59 Å². The van der Waals surface area contributed by atoms with Gasteiger partial charge in [0, 0.05) is 24.9 Å². The molecule has 0 bridgehead atoms. The first-order valence-electron chi connectivity index (χ1n) is 10.4. The zero-order valence-corrected chi connectivity index (χ0v) is 17.4. The minimum atomic E-state index is 0.0184. The van der Waals surface area contributed by atoms with Crippen molar-refractivity contribution in [3.05, 3.63) is 77.3 Å². The van der Waals surface area contributed by atoms with Gasteiger partial charge in [0.15, 0.2) is 5.78 Å². The molecule has 150 valence electrons. The monoisotopic (exact) mass is 414 g/mol. The molecule has 30 heavy (non-hydrogen) atoms. The molecule has 1 aliphatic heterocycles. The van der Waals surface area contributed by atoms with E-state index in [1.165, 1.54) is 0 Å². The van der Waals surface area contributed by atoms with Crippen molar-refractivity contribution in [2.75, 3.05) is 6.54 Å². The summed E-state index contributed by atoms with van der Waals surface area (Å²) in [4.78, 5) is 32.3. The number of para-hydroxylation sites is 1. The highest BCUT2D eigenvalue weighted by Crippen LogP contribution is 2.36. The van der Waals surface area contributed by atoms with Crippen LogP contribution in [0.15, 0.2) is 66.7 Å². The lowest BCUT2D eigenvalue weighted by atomic mass is 10.0. The second-order valence-electron chi connectivity index (χ2n) is 7.75. The minimum Gasteiger partial charge on any atom is -0.333 e. The normalized spacial score (nSPS) is 16.4. The number of ketones is 1. The third-order valence-corrected chi connectivity index (χ3v) is 6.94. The number of fused-ring (bicyclic) bond motifs is 2. The summed E-state index contributed by atoms with van der Waals surface area (Å²) in [6, 6.07) is 21.8. The van der Waals surface area contributed by atoms with Crippen molar-refractivity contribution in [1.29, 1.82) is 0 Å². The maximum Gasteiger partial charge on any atom is 0.223 e. The molecule has 1 aliphatic rings. The zero-order chi connectivity index (χ0) is 20.5. The minimum absolute atomic E-state index is 0.0184. The number of likely N-dealkylation sites (tertiary alicyclic amines) is 1. The van der Waals surface area contributed by atoms with Gasteiger partial charge in [0.2, 0.25) is 5.91 Å². The van der Waals surface area contributed by atoms with Gasteiger partial charge in [-0.1, -0.05) is 48.5 Å². The van der Waals surface area contributed by atoms with E-state index in [0.717, 1.165) is 45.4 Å². The van der Waals surface area contributed by atoms with Crippen molar-refractivity contribution >= 4 is 44.0 Å². The summed E-state index contributed by atoms with van der Waals surface area (Å²) in [5, 5.41) is 3.16. The molecule has 0 saturated carbocycles. The molecule has 4 nitrogen and oxygen atoms in total. The number of hydrogen-bond donors (Lipinski definition) is 0. The number of Topliss-reactive ketones (excluding diaryl/α,β-unsaturated/α-hetero) is 1. The van der Waals surface area contributed by atoms with Crippen LogP contribution in [0.25, 0.3) is 21.0 Å². The van der Waals surface area contributed by atoms with Gasteiger partial charge in [-0.2, -0.15) is 0 Å². The molecule has 1 aromatic heterocycles. The largest absolute Gasteiger partial charge is 0.333 e. The molecule has 1 fully saturated rings. The fourth-order valence-corrected chi connectivity index (χ4v) is 5.34. The Hall–Kier alpha value is -3.05. The van der Waals surface area contributed by atoms with Crippen LogP contribution in [0.2, 0.25) is 0 Å². The van der Waals surface area contributed by atoms with Gasteiger partial charge in [-0.25, -0.2) is 4.98 Å². The van der Waals surface area contributed by atoms with Crippen molar-refractivity contribution in [3.63, 3.8) is 0 Å². The van der Waals surface area contributed by atoms with Crippen molar-refractivity contribution in [2.24, 2.45) is 0 Å². The van der Waals surface area contributed by atoms with E-state index in [-0.39, 0.29) is 30.6 Å². The van der Waals surface area contributed by atoms with Crippen LogP contribution in [-0.2, 0) is 4.79 Å². The predicted octanol–water partition coefficient (Wildman–Crippen LogP) is 5.78. The van der Waals surface area contributed by atoms with Crippen molar-refractivity contribution in [3.8, 4) is 0 Å². The molecule has 1 atom stereocenters. The molecule has 0 aliphatic carbocycles. The topological polar surface area (TPSA) is 50.3 Å². The Kier molecular flexibility index (Phi) is 5.05. The average molecular weight is 415 g/mol. The molecule has 1 amide bonds. The second kappa shape index (κ2) is 8.00. The van der Waals surface area contributed by atoms with E-state index in [1.807, 2.05) is 65.6 Å². The van der Waals surface area contributed by atoms with Crippen molar-refractivity contribution < 1.29 is 9.59 Å². The van der Waals surface area contributed by atoms with Crippen LogP contribution in [0.5, 0.6) is 0 Å². The molecular formula is C25H22N2O2S. The first-order chi connectivity index (χ1) is 14.7. The number of thiazole rings is 1. The molecule has 2 heterocycles. The Morgan fingerprint density at radius 2 is 1.77 bits per heavy atom. The first kappa shape index (κ1) is 18.9. The smallest absolute Gasteiger partial charge is 0.223 e. The van der Waals surface area contributed by atoms with Gasteiger partial charge in [0.1, 0.15) is 5.01 Å². The maximum absolute atomic E-state index is 12.9. The van der Waals surface area contributed by atoms with Crippen LogP contribution in [0.3, 0.4) is 0 Å². The SMILES string of the molecule is O=C(CCC(=O)N1CCCC1c1nc2ccccc2s1)c1ccc2ccccc2c1. The van der Waals surface area contributed by atoms with Gasteiger partial charge in [0.05, 0.1) is 16.3 Å². The number of hydrogen-bond acceptors (Lipinski definition) is 4.